The minimum atomic E-state index is -0.172. The molecule has 2 aromatic carbocycles. The number of hydrogen-bond donors (Lipinski definition) is 1. The van der Waals surface area contributed by atoms with E-state index >= 15 is 0 Å². The van der Waals surface area contributed by atoms with Gasteiger partial charge in [-0.25, -0.2) is 0 Å². The maximum absolute atomic E-state index is 12.4. The molecule has 0 aromatic heterocycles. The van der Waals surface area contributed by atoms with Gasteiger partial charge in [0.25, 0.3) is 0 Å². The largest absolute Gasteiger partial charge is 0.504 e. The summed E-state index contributed by atoms with van der Waals surface area (Å²) in [6.07, 6.45) is 3.02. The first-order valence-electron chi connectivity index (χ1n) is 7.31. The van der Waals surface area contributed by atoms with Crippen molar-refractivity contribution in [1.82, 2.24) is 0 Å². The standard InChI is InChI=1S/C19H20O5/c1-12-7-14(9-15(8-12)22-2)16(20)6-5-13-10-17(21)19(24-4)11-18(13)23-3/h5-11,21H,1-4H3/b6-5+. The number of ketones is 1. The molecule has 0 aliphatic carbocycles. The van der Waals surface area contributed by atoms with Crippen LogP contribution in [-0.4, -0.2) is 32.2 Å². The second-order valence-corrected chi connectivity index (χ2v) is 5.20. The van der Waals surface area contributed by atoms with Gasteiger partial charge >= 0.3 is 0 Å². The van der Waals surface area contributed by atoms with Crippen LogP contribution >= 0.6 is 0 Å². The van der Waals surface area contributed by atoms with Crippen LogP contribution in [0.3, 0.4) is 0 Å². The fourth-order valence-electron chi connectivity index (χ4n) is 2.31. The van der Waals surface area contributed by atoms with Gasteiger partial charge in [-0.05, 0) is 48.9 Å². The van der Waals surface area contributed by atoms with E-state index < -0.39 is 0 Å². The van der Waals surface area contributed by atoms with Crippen LogP contribution in [0.5, 0.6) is 23.0 Å². The minimum absolute atomic E-state index is 0.0253. The summed E-state index contributed by atoms with van der Waals surface area (Å²) >= 11 is 0. The lowest BCUT2D eigenvalue weighted by molar-refractivity contribution is 0.104. The lowest BCUT2D eigenvalue weighted by atomic mass is 10.1. The maximum Gasteiger partial charge on any atom is 0.185 e. The molecule has 24 heavy (non-hydrogen) atoms. The summed E-state index contributed by atoms with van der Waals surface area (Å²) in [5.41, 5.74) is 2.04. The van der Waals surface area contributed by atoms with Gasteiger partial charge in [-0.3, -0.25) is 4.79 Å². The molecular formula is C19H20O5. The molecule has 5 heteroatoms. The fraction of sp³-hybridized carbons (Fsp3) is 0.211. The molecule has 0 heterocycles. The topological polar surface area (TPSA) is 65.0 Å². The van der Waals surface area contributed by atoms with Gasteiger partial charge in [0.1, 0.15) is 11.5 Å². The molecule has 0 aliphatic rings. The highest BCUT2D eigenvalue weighted by atomic mass is 16.5. The maximum atomic E-state index is 12.4. The number of carbonyl (C=O) groups excluding carboxylic acids is 1. The van der Waals surface area contributed by atoms with E-state index in [0.717, 1.165) is 5.56 Å². The van der Waals surface area contributed by atoms with E-state index in [1.807, 2.05) is 13.0 Å². The Hall–Kier alpha value is -2.95. The lowest BCUT2D eigenvalue weighted by Crippen LogP contribution is -1.97. The number of benzene rings is 2. The normalized spacial score (nSPS) is 10.7. The Morgan fingerprint density at radius 1 is 0.958 bits per heavy atom. The highest BCUT2D eigenvalue weighted by Gasteiger charge is 2.10. The number of aryl methyl sites for hydroxylation is 1. The number of aromatic hydroxyl groups is 1. The summed E-state index contributed by atoms with van der Waals surface area (Å²) < 4.78 is 15.5. The first-order chi connectivity index (χ1) is 11.5. The van der Waals surface area contributed by atoms with E-state index in [9.17, 15) is 9.90 Å². The zero-order chi connectivity index (χ0) is 17.7. The van der Waals surface area contributed by atoms with Crippen LogP contribution in [0.1, 0.15) is 21.5 Å². The summed E-state index contributed by atoms with van der Waals surface area (Å²) in [4.78, 5) is 12.4. The van der Waals surface area contributed by atoms with Crippen molar-refractivity contribution in [2.24, 2.45) is 0 Å². The number of phenols is 1. The van der Waals surface area contributed by atoms with Crippen LogP contribution in [-0.2, 0) is 0 Å². The van der Waals surface area contributed by atoms with Crippen molar-refractivity contribution in [3.8, 4) is 23.0 Å². The van der Waals surface area contributed by atoms with Gasteiger partial charge in [-0.15, -0.1) is 0 Å². The van der Waals surface area contributed by atoms with E-state index in [1.165, 1.54) is 26.4 Å². The van der Waals surface area contributed by atoms with Crippen LogP contribution in [0.15, 0.2) is 36.4 Å². The minimum Gasteiger partial charge on any atom is -0.504 e. The number of phenolic OH excluding ortho intramolecular Hbond substituents is 1. The number of methoxy groups -OCH3 is 3. The van der Waals surface area contributed by atoms with E-state index in [2.05, 4.69) is 0 Å². The smallest absolute Gasteiger partial charge is 0.185 e. The molecule has 126 valence electrons. The van der Waals surface area contributed by atoms with Gasteiger partial charge in [0.15, 0.2) is 17.3 Å². The summed E-state index contributed by atoms with van der Waals surface area (Å²) in [5, 5.41) is 9.88. The summed E-state index contributed by atoms with van der Waals surface area (Å²) in [7, 11) is 4.53. The Morgan fingerprint density at radius 2 is 1.67 bits per heavy atom. The zero-order valence-corrected chi connectivity index (χ0v) is 14.1. The Labute approximate surface area is 141 Å². The van der Waals surface area contributed by atoms with Crippen LogP contribution in [0.4, 0.5) is 0 Å². The van der Waals surface area contributed by atoms with Crippen LogP contribution in [0.25, 0.3) is 6.08 Å². The lowest BCUT2D eigenvalue weighted by Gasteiger charge is -2.09. The Morgan fingerprint density at radius 3 is 2.29 bits per heavy atom. The highest BCUT2D eigenvalue weighted by molar-refractivity contribution is 6.07. The molecule has 0 aliphatic heterocycles. The van der Waals surface area contributed by atoms with Gasteiger partial charge < -0.3 is 19.3 Å². The Balaban J connectivity index is 2.32. The zero-order valence-electron chi connectivity index (χ0n) is 14.1. The van der Waals surface area contributed by atoms with Crippen LogP contribution in [0, 0.1) is 6.92 Å². The molecule has 0 unspecified atom stereocenters. The molecule has 0 atom stereocenters. The van der Waals surface area contributed by atoms with Gasteiger partial charge in [0.05, 0.1) is 21.3 Å². The molecule has 0 spiro atoms. The monoisotopic (exact) mass is 328 g/mol. The van der Waals surface area contributed by atoms with E-state index in [4.69, 9.17) is 14.2 Å². The van der Waals surface area contributed by atoms with Crippen LogP contribution in [0.2, 0.25) is 0 Å². The predicted molar refractivity (Wildman–Crippen MR) is 92.3 cm³/mol. The summed E-state index contributed by atoms with van der Waals surface area (Å²) in [6, 6.07) is 8.37. The summed E-state index contributed by atoms with van der Waals surface area (Å²) in [6.45, 7) is 1.90. The van der Waals surface area contributed by atoms with E-state index in [-0.39, 0.29) is 11.5 Å². The third-order valence-corrected chi connectivity index (χ3v) is 3.52. The molecule has 0 bridgehead atoms. The fourth-order valence-corrected chi connectivity index (χ4v) is 2.31. The number of carbonyl (C=O) groups is 1. The van der Waals surface area contributed by atoms with Gasteiger partial charge in [-0.1, -0.05) is 0 Å². The molecule has 1 N–H and O–H groups in total. The van der Waals surface area contributed by atoms with E-state index in [0.29, 0.717) is 28.4 Å². The average molecular weight is 328 g/mol. The molecule has 0 radical (unpaired) electrons. The molecule has 2 aromatic rings. The predicted octanol–water partition coefficient (Wildman–Crippen LogP) is 3.62. The molecular weight excluding hydrogens is 308 g/mol. The van der Waals surface area contributed by atoms with Crippen molar-refractivity contribution >= 4 is 11.9 Å². The Kier molecular flexibility index (Phi) is 5.47. The molecule has 5 nitrogen and oxygen atoms in total. The molecule has 0 saturated heterocycles. The van der Waals surface area contributed by atoms with Crippen LogP contribution < -0.4 is 14.2 Å². The second-order valence-electron chi connectivity index (χ2n) is 5.20. The molecule has 0 saturated carbocycles. The quantitative estimate of drug-likeness (QED) is 0.648. The number of rotatable bonds is 6. The Bertz CT molecular complexity index is 778. The molecule has 0 fully saturated rings. The van der Waals surface area contributed by atoms with Crippen molar-refractivity contribution in [2.75, 3.05) is 21.3 Å². The first-order valence-corrected chi connectivity index (χ1v) is 7.31. The second kappa shape index (κ2) is 7.55. The van der Waals surface area contributed by atoms with Crippen molar-refractivity contribution in [2.45, 2.75) is 6.92 Å². The third-order valence-electron chi connectivity index (χ3n) is 3.52. The number of allylic oxidation sites excluding steroid dienone is 1. The van der Waals surface area contributed by atoms with Gasteiger partial charge in [0, 0.05) is 17.2 Å². The first kappa shape index (κ1) is 17.4. The molecule has 2 rings (SSSR count). The number of hydrogen-bond acceptors (Lipinski definition) is 5. The number of ether oxygens (including phenoxy) is 3. The van der Waals surface area contributed by atoms with Crippen molar-refractivity contribution in [1.29, 1.82) is 0 Å². The van der Waals surface area contributed by atoms with Crippen molar-refractivity contribution in [3.63, 3.8) is 0 Å². The van der Waals surface area contributed by atoms with Gasteiger partial charge in [-0.2, -0.15) is 0 Å². The SMILES string of the molecule is COc1cc(C)cc(C(=O)/C=C/c2cc(O)c(OC)cc2OC)c1. The third kappa shape index (κ3) is 3.87. The van der Waals surface area contributed by atoms with Gasteiger partial charge in [0.2, 0.25) is 0 Å². The average Bonchev–Trinajstić information content (AvgIpc) is 2.58. The van der Waals surface area contributed by atoms with Crippen molar-refractivity contribution < 1.29 is 24.1 Å². The summed E-state index contributed by atoms with van der Waals surface area (Å²) in [5.74, 6) is 1.23. The molecule has 0 amide bonds. The van der Waals surface area contributed by atoms with Crippen molar-refractivity contribution in [3.05, 3.63) is 53.1 Å². The van der Waals surface area contributed by atoms with E-state index in [1.54, 1.807) is 31.4 Å². The highest BCUT2D eigenvalue weighted by Crippen LogP contribution is 2.34.